The molecule has 1 aliphatic carbocycles. The first-order valence-electron chi connectivity index (χ1n) is 7.17. The summed E-state index contributed by atoms with van der Waals surface area (Å²) >= 11 is 3.38. The second-order valence-electron chi connectivity index (χ2n) is 6.72. The number of halogens is 1. The number of hydrogen-bond donors (Lipinski definition) is 2. The quantitative estimate of drug-likeness (QED) is 0.799. The predicted molar refractivity (Wildman–Crippen MR) is 86.9 cm³/mol. The molecule has 1 saturated carbocycles. The van der Waals surface area contributed by atoms with Crippen LogP contribution in [0, 0.1) is 11.3 Å². The van der Waals surface area contributed by atoms with Crippen LogP contribution in [0.3, 0.4) is 0 Å². The smallest absolute Gasteiger partial charge is 0.319 e. The SMILES string of the molecule is C[C@H]1C[C@H](NC(=O)Nc2ccc(Br)cc2)CC(C)(C)C1. The maximum absolute atomic E-state index is 12.0. The van der Waals surface area contributed by atoms with Gasteiger partial charge in [-0.3, -0.25) is 0 Å². The highest BCUT2D eigenvalue weighted by Crippen LogP contribution is 2.38. The average Bonchev–Trinajstić information content (AvgIpc) is 2.29. The second kappa shape index (κ2) is 6.17. The van der Waals surface area contributed by atoms with Crippen molar-refractivity contribution in [1.82, 2.24) is 5.32 Å². The van der Waals surface area contributed by atoms with Crippen LogP contribution < -0.4 is 10.6 Å². The van der Waals surface area contributed by atoms with Crippen LogP contribution in [0.5, 0.6) is 0 Å². The van der Waals surface area contributed by atoms with Gasteiger partial charge in [-0.15, -0.1) is 0 Å². The Bertz CT molecular complexity index is 470. The Morgan fingerprint density at radius 1 is 1.25 bits per heavy atom. The van der Waals surface area contributed by atoms with E-state index in [1.54, 1.807) is 0 Å². The highest BCUT2D eigenvalue weighted by atomic mass is 79.9. The summed E-state index contributed by atoms with van der Waals surface area (Å²) in [5, 5.41) is 5.99. The average molecular weight is 339 g/mol. The molecule has 110 valence electrons. The van der Waals surface area contributed by atoms with Gasteiger partial charge in [0, 0.05) is 16.2 Å². The molecular formula is C16H23BrN2O. The number of rotatable bonds is 2. The predicted octanol–water partition coefficient (Wildman–Crippen LogP) is 4.79. The maximum atomic E-state index is 12.0. The summed E-state index contributed by atoms with van der Waals surface area (Å²) in [7, 11) is 0. The second-order valence-corrected chi connectivity index (χ2v) is 7.63. The molecule has 1 aliphatic rings. The number of hydrogen-bond acceptors (Lipinski definition) is 1. The minimum absolute atomic E-state index is 0.109. The molecule has 0 aromatic heterocycles. The zero-order valence-electron chi connectivity index (χ0n) is 12.4. The van der Waals surface area contributed by atoms with Crippen molar-refractivity contribution in [3.63, 3.8) is 0 Å². The molecule has 1 aromatic rings. The standard InChI is InChI=1S/C16H23BrN2O/c1-11-8-14(10-16(2,3)9-11)19-15(20)18-13-6-4-12(17)5-7-13/h4-7,11,14H,8-10H2,1-3H3,(H2,18,19,20)/t11-,14-/m0/s1. The molecule has 0 radical (unpaired) electrons. The summed E-state index contributed by atoms with van der Waals surface area (Å²) in [6, 6.07) is 7.77. The third-order valence-corrected chi connectivity index (χ3v) is 4.35. The Morgan fingerprint density at radius 3 is 2.50 bits per heavy atom. The molecule has 2 rings (SSSR count). The van der Waals surface area contributed by atoms with E-state index in [0.717, 1.165) is 23.0 Å². The van der Waals surface area contributed by atoms with Crippen molar-refractivity contribution >= 4 is 27.6 Å². The normalized spacial score (nSPS) is 25.0. The fourth-order valence-corrected chi connectivity index (χ4v) is 3.61. The number of benzene rings is 1. The van der Waals surface area contributed by atoms with Crippen LogP contribution in [0.2, 0.25) is 0 Å². The molecule has 0 spiro atoms. The monoisotopic (exact) mass is 338 g/mol. The van der Waals surface area contributed by atoms with Crippen LogP contribution in [0.15, 0.2) is 28.7 Å². The highest BCUT2D eigenvalue weighted by molar-refractivity contribution is 9.10. The molecule has 1 fully saturated rings. The lowest BCUT2D eigenvalue weighted by Gasteiger charge is -2.39. The number of anilines is 1. The summed E-state index contributed by atoms with van der Waals surface area (Å²) < 4.78 is 1.01. The summed E-state index contributed by atoms with van der Waals surface area (Å²) in [5.41, 5.74) is 1.13. The van der Waals surface area contributed by atoms with Crippen molar-refractivity contribution in [2.75, 3.05) is 5.32 Å². The van der Waals surface area contributed by atoms with E-state index in [2.05, 4.69) is 47.3 Å². The van der Waals surface area contributed by atoms with Gasteiger partial charge in [0.2, 0.25) is 0 Å². The lowest BCUT2D eigenvalue weighted by molar-refractivity contribution is 0.154. The van der Waals surface area contributed by atoms with Gasteiger partial charge in [-0.1, -0.05) is 36.7 Å². The van der Waals surface area contributed by atoms with Crippen LogP contribution in [0.25, 0.3) is 0 Å². The molecule has 20 heavy (non-hydrogen) atoms. The number of nitrogens with one attached hydrogen (secondary N) is 2. The van der Waals surface area contributed by atoms with E-state index in [1.165, 1.54) is 6.42 Å². The van der Waals surface area contributed by atoms with Gasteiger partial charge in [0.25, 0.3) is 0 Å². The van der Waals surface area contributed by atoms with E-state index in [4.69, 9.17) is 0 Å². The van der Waals surface area contributed by atoms with Gasteiger partial charge < -0.3 is 10.6 Å². The molecule has 1 aromatic carbocycles. The van der Waals surface area contributed by atoms with Gasteiger partial charge in [0.15, 0.2) is 0 Å². The first kappa shape index (κ1) is 15.4. The Balaban J connectivity index is 1.89. The molecule has 2 atom stereocenters. The topological polar surface area (TPSA) is 41.1 Å². The largest absolute Gasteiger partial charge is 0.335 e. The molecule has 0 bridgehead atoms. The van der Waals surface area contributed by atoms with Crippen LogP contribution in [0.1, 0.15) is 40.0 Å². The summed E-state index contributed by atoms with van der Waals surface area (Å²) in [4.78, 5) is 12.0. The van der Waals surface area contributed by atoms with E-state index in [-0.39, 0.29) is 12.1 Å². The van der Waals surface area contributed by atoms with Crippen LogP contribution >= 0.6 is 15.9 Å². The number of urea groups is 1. The van der Waals surface area contributed by atoms with E-state index in [1.807, 2.05) is 24.3 Å². The van der Waals surface area contributed by atoms with E-state index in [9.17, 15) is 4.79 Å². The van der Waals surface area contributed by atoms with Gasteiger partial charge >= 0.3 is 6.03 Å². The Kier molecular flexibility index (Phi) is 4.74. The molecule has 0 heterocycles. The molecule has 0 saturated heterocycles. The lowest BCUT2D eigenvalue weighted by atomic mass is 9.71. The van der Waals surface area contributed by atoms with Gasteiger partial charge in [-0.2, -0.15) is 0 Å². The number of amides is 2. The van der Waals surface area contributed by atoms with Crippen molar-refractivity contribution < 1.29 is 4.79 Å². The number of carbonyl (C=O) groups excluding carboxylic acids is 1. The zero-order chi connectivity index (χ0) is 14.8. The van der Waals surface area contributed by atoms with Crippen molar-refractivity contribution in [3.8, 4) is 0 Å². The first-order chi connectivity index (χ1) is 9.34. The Morgan fingerprint density at radius 2 is 1.90 bits per heavy atom. The summed E-state index contributed by atoms with van der Waals surface area (Å²) in [6.07, 6.45) is 3.35. The van der Waals surface area contributed by atoms with Gasteiger partial charge in [0.1, 0.15) is 0 Å². The molecule has 0 unspecified atom stereocenters. The molecule has 2 amide bonds. The van der Waals surface area contributed by atoms with Crippen LogP contribution in [0.4, 0.5) is 10.5 Å². The van der Waals surface area contributed by atoms with E-state index >= 15 is 0 Å². The van der Waals surface area contributed by atoms with Crippen molar-refractivity contribution in [3.05, 3.63) is 28.7 Å². The minimum atomic E-state index is -0.109. The van der Waals surface area contributed by atoms with Crippen LogP contribution in [-0.4, -0.2) is 12.1 Å². The molecule has 3 nitrogen and oxygen atoms in total. The fourth-order valence-electron chi connectivity index (χ4n) is 3.34. The van der Waals surface area contributed by atoms with Gasteiger partial charge in [0.05, 0.1) is 0 Å². The molecule has 0 aliphatic heterocycles. The molecule has 2 N–H and O–H groups in total. The summed E-state index contributed by atoms with van der Waals surface area (Å²) in [5.74, 6) is 0.664. The highest BCUT2D eigenvalue weighted by Gasteiger charge is 2.32. The molecular weight excluding hydrogens is 316 g/mol. The third kappa shape index (κ3) is 4.51. The molecule has 4 heteroatoms. The Hall–Kier alpha value is -1.03. The fraction of sp³-hybridized carbons (Fsp3) is 0.562. The maximum Gasteiger partial charge on any atom is 0.319 e. The lowest BCUT2D eigenvalue weighted by Crippen LogP contribution is -2.44. The van der Waals surface area contributed by atoms with Crippen molar-refractivity contribution in [2.45, 2.75) is 46.1 Å². The third-order valence-electron chi connectivity index (χ3n) is 3.82. The van der Waals surface area contributed by atoms with E-state index < -0.39 is 0 Å². The van der Waals surface area contributed by atoms with Gasteiger partial charge in [-0.25, -0.2) is 4.79 Å². The zero-order valence-corrected chi connectivity index (χ0v) is 14.0. The van der Waals surface area contributed by atoms with Gasteiger partial charge in [-0.05, 0) is 54.9 Å². The van der Waals surface area contributed by atoms with Crippen LogP contribution in [-0.2, 0) is 0 Å². The Labute approximate surface area is 129 Å². The van der Waals surface area contributed by atoms with E-state index in [0.29, 0.717) is 11.3 Å². The van der Waals surface area contributed by atoms with Crippen molar-refractivity contribution in [2.24, 2.45) is 11.3 Å². The summed E-state index contributed by atoms with van der Waals surface area (Å²) in [6.45, 7) is 6.83. The van der Waals surface area contributed by atoms with Crippen molar-refractivity contribution in [1.29, 1.82) is 0 Å². The minimum Gasteiger partial charge on any atom is -0.335 e. The first-order valence-corrected chi connectivity index (χ1v) is 7.96. The number of carbonyl (C=O) groups is 1.